The minimum absolute atomic E-state index is 0.170. The Balaban J connectivity index is 1.87. The van der Waals surface area contributed by atoms with E-state index in [1.54, 1.807) is 12.1 Å². The molecule has 0 aliphatic carbocycles. The zero-order chi connectivity index (χ0) is 15.7. The van der Waals surface area contributed by atoms with Crippen LogP contribution in [0.4, 0.5) is 8.78 Å². The van der Waals surface area contributed by atoms with Gasteiger partial charge in [0, 0.05) is 30.1 Å². The summed E-state index contributed by atoms with van der Waals surface area (Å²) in [6, 6.07) is 4.53. The lowest BCUT2D eigenvalue weighted by molar-refractivity contribution is 0.240. The quantitative estimate of drug-likeness (QED) is 0.849. The van der Waals surface area contributed by atoms with Crippen LogP contribution in [0.15, 0.2) is 22.7 Å². The van der Waals surface area contributed by atoms with E-state index in [0.29, 0.717) is 12.1 Å². The van der Waals surface area contributed by atoms with Crippen molar-refractivity contribution in [2.75, 3.05) is 6.54 Å². The van der Waals surface area contributed by atoms with Gasteiger partial charge in [-0.15, -0.1) is 0 Å². The van der Waals surface area contributed by atoms with Crippen molar-refractivity contribution in [3.63, 3.8) is 0 Å². The largest absolute Gasteiger partial charge is 0.361 e. The Morgan fingerprint density at radius 1 is 1.36 bits per heavy atom. The van der Waals surface area contributed by atoms with E-state index in [1.165, 1.54) is 0 Å². The van der Waals surface area contributed by atoms with Crippen LogP contribution in [0.2, 0.25) is 0 Å². The molecular weight excluding hydrogens is 286 g/mol. The second-order valence-corrected chi connectivity index (χ2v) is 5.80. The van der Waals surface area contributed by atoms with Gasteiger partial charge in [-0.3, -0.25) is 4.90 Å². The molecule has 2 heterocycles. The first-order chi connectivity index (χ1) is 10.6. The Kier molecular flexibility index (Phi) is 4.25. The molecule has 5 heteroatoms. The van der Waals surface area contributed by atoms with Crippen LogP contribution in [0.25, 0.3) is 0 Å². The highest BCUT2D eigenvalue weighted by atomic mass is 19.2. The average molecular weight is 306 g/mol. The summed E-state index contributed by atoms with van der Waals surface area (Å²) < 4.78 is 32.7. The summed E-state index contributed by atoms with van der Waals surface area (Å²) in [5, 5.41) is 4.07. The topological polar surface area (TPSA) is 29.3 Å². The van der Waals surface area contributed by atoms with Crippen molar-refractivity contribution < 1.29 is 13.3 Å². The molecule has 22 heavy (non-hydrogen) atoms. The summed E-state index contributed by atoms with van der Waals surface area (Å²) in [5.41, 5.74) is 2.42. The molecule has 1 aromatic heterocycles. The minimum Gasteiger partial charge on any atom is -0.361 e. The predicted molar refractivity (Wildman–Crippen MR) is 79.4 cm³/mol. The van der Waals surface area contributed by atoms with E-state index < -0.39 is 11.6 Å². The third-order valence-electron chi connectivity index (χ3n) is 4.41. The number of likely N-dealkylation sites (tertiary alicyclic amines) is 1. The number of benzene rings is 1. The van der Waals surface area contributed by atoms with Crippen LogP contribution in [-0.2, 0) is 13.0 Å². The van der Waals surface area contributed by atoms with Gasteiger partial charge in [0.1, 0.15) is 5.76 Å². The molecule has 3 nitrogen and oxygen atoms in total. The number of halogens is 2. The number of nitrogens with zero attached hydrogens (tertiary/aromatic N) is 2. The Hall–Kier alpha value is -1.75. The molecule has 0 spiro atoms. The number of hydrogen-bond donors (Lipinski definition) is 0. The normalized spacial score (nSPS) is 19.0. The van der Waals surface area contributed by atoms with Crippen molar-refractivity contribution in [1.29, 1.82) is 0 Å². The molecule has 0 N–H and O–H groups in total. The van der Waals surface area contributed by atoms with Crippen molar-refractivity contribution in [3.05, 3.63) is 52.4 Å². The van der Waals surface area contributed by atoms with E-state index >= 15 is 0 Å². The molecule has 1 atom stereocenters. The second-order valence-electron chi connectivity index (χ2n) is 5.80. The van der Waals surface area contributed by atoms with E-state index in [0.717, 1.165) is 48.9 Å². The summed E-state index contributed by atoms with van der Waals surface area (Å²) in [6.45, 7) is 5.25. The predicted octanol–water partition coefficient (Wildman–Crippen LogP) is 4.16. The van der Waals surface area contributed by atoms with E-state index in [1.807, 2.05) is 13.8 Å². The Morgan fingerprint density at radius 3 is 2.95 bits per heavy atom. The third kappa shape index (κ3) is 2.65. The van der Waals surface area contributed by atoms with E-state index in [4.69, 9.17) is 4.52 Å². The summed E-state index contributed by atoms with van der Waals surface area (Å²) in [7, 11) is 0. The van der Waals surface area contributed by atoms with Gasteiger partial charge in [0.25, 0.3) is 0 Å². The molecule has 1 aromatic carbocycles. The molecule has 3 rings (SSSR count). The number of hydrogen-bond acceptors (Lipinski definition) is 3. The SMILES string of the molecule is CCc1onc(C)c1[C@H]1CCCN1Cc1cccc(F)c1F. The smallest absolute Gasteiger partial charge is 0.163 e. The minimum atomic E-state index is -0.788. The molecule has 2 aromatic rings. The monoisotopic (exact) mass is 306 g/mol. The van der Waals surface area contributed by atoms with Crippen LogP contribution in [-0.4, -0.2) is 16.6 Å². The second kappa shape index (κ2) is 6.16. The summed E-state index contributed by atoms with van der Waals surface area (Å²) in [4.78, 5) is 2.19. The van der Waals surface area contributed by atoms with Crippen LogP contribution >= 0.6 is 0 Å². The van der Waals surface area contributed by atoms with E-state index in [-0.39, 0.29) is 6.04 Å². The Bertz CT molecular complexity index is 669. The van der Waals surface area contributed by atoms with Crippen LogP contribution in [0, 0.1) is 18.6 Å². The van der Waals surface area contributed by atoms with Gasteiger partial charge in [0.2, 0.25) is 0 Å². The number of aryl methyl sites for hydroxylation is 2. The zero-order valence-electron chi connectivity index (χ0n) is 12.9. The molecule has 0 unspecified atom stereocenters. The standard InChI is InChI=1S/C17H20F2N2O/c1-3-15-16(11(2)20-22-15)14-8-5-9-21(14)10-12-6-4-7-13(18)17(12)19/h4,6-7,14H,3,5,8-10H2,1-2H3/t14-/m1/s1. The van der Waals surface area contributed by atoms with Gasteiger partial charge in [-0.1, -0.05) is 24.2 Å². The lowest BCUT2D eigenvalue weighted by atomic mass is 10.0. The highest BCUT2D eigenvalue weighted by Crippen LogP contribution is 2.37. The molecule has 0 amide bonds. The Labute approximate surface area is 128 Å². The fourth-order valence-electron chi connectivity index (χ4n) is 3.34. The van der Waals surface area contributed by atoms with Crippen LogP contribution in [0.5, 0.6) is 0 Å². The molecule has 0 saturated carbocycles. The first-order valence-corrected chi connectivity index (χ1v) is 7.73. The number of aromatic nitrogens is 1. The molecule has 118 valence electrons. The molecule has 1 saturated heterocycles. The molecular formula is C17H20F2N2O. The lowest BCUT2D eigenvalue weighted by Gasteiger charge is -2.25. The Morgan fingerprint density at radius 2 is 2.18 bits per heavy atom. The van der Waals surface area contributed by atoms with Gasteiger partial charge >= 0.3 is 0 Å². The average Bonchev–Trinajstić information content (AvgIpc) is 3.09. The first-order valence-electron chi connectivity index (χ1n) is 7.73. The van der Waals surface area contributed by atoms with E-state index in [2.05, 4.69) is 10.1 Å². The molecule has 1 fully saturated rings. The van der Waals surface area contributed by atoms with Gasteiger partial charge in [0.15, 0.2) is 11.6 Å². The summed E-state index contributed by atoms with van der Waals surface area (Å²) in [5.74, 6) is -0.635. The van der Waals surface area contributed by atoms with Crippen molar-refractivity contribution in [2.45, 2.75) is 45.7 Å². The van der Waals surface area contributed by atoms with Crippen LogP contribution < -0.4 is 0 Å². The third-order valence-corrected chi connectivity index (χ3v) is 4.41. The van der Waals surface area contributed by atoms with Gasteiger partial charge in [-0.05, 0) is 32.4 Å². The number of rotatable bonds is 4. The van der Waals surface area contributed by atoms with Gasteiger partial charge < -0.3 is 4.52 Å². The molecule has 1 aliphatic heterocycles. The summed E-state index contributed by atoms with van der Waals surface area (Å²) >= 11 is 0. The maximum atomic E-state index is 13.9. The van der Waals surface area contributed by atoms with Crippen LogP contribution in [0.3, 0.4) is 0 Å². The molecule has 1 aliphatic rings. The highest BCUT2D eigenvalue weighted by molar-refractivity contribution is 5.28. The molecule has 0 bridgehead atoms. The molecule has 0 radical (unpaired) electrons. The first kappa shape index (κ1) is 15.2. The summed E-state index contributed by atoms with van der Waals surface area (Å²) in [6.07, 6.45) is 2.82. The van der Waals surface area contributed by atoms with Gasteiger partial charge in [-0.2, -0.15) is 0 Å². The van der Waals surface area contributed by atoms with Gasteiger partial charge in [0.05, 0.1) is 5.69 Å². The maximum Gasteiger partial charge on any atom is 0.163 e. The van der Waals surface area contributed by atoms with Crippen molar-refractivity contribution >= 4 is 0 Å². The lowest BCUT2D eigenvalue weighted by Crippen LogP contribution is -2.24. The van der Waals surface area contributed by atoms with Crippen LogP contribution in [0.1, 0.15) is 48.4 Å². The van der Waals surface area contributed by atoms with E-state index in [9.17, 15) is 8.78 Å². The fourth-order valence-corrected chi connectivity index (χ4v) is 3.34. The highest BCUT2D eigenvalue weighted by Gasteiger charge is 2.31. The van der Waals surface area contributed by atoms with Crippen molar-refractivity contribution in [2.24, 2.45) is 0 Å². The van der Waals surface area contributed by atoms with Gasteiger partial charge in [-0.25, -0.2) is 8.78 Å². The fraction of sp³-hybridized carbons (Fsp3) is 0.471. The van der Waals surface area contributed by atoms with Crippen molar-refractivity contribution in [3.8, 4) is 0 Å². The maximum absolute atomic E-state index is 13.9. The zero-order valence-corrected chi connectivity index (χ0v) is 12.9. The van der Waals surface area contributed by atoms with Crippen molar-refractivity contribution in [1.82, 2.24) is 10.1 Å².